The summed E-state index contributed by atoms with van der Waals surface area (Å²) >= 11 is 0. The molecule has 0 aromatic heterocycles. The smallest absolute Gasteiger partial charge is 0.250 e. The highest BCUT2D eigenvalue weighted by Crippen LogP contribution is 2.16. The van der Waals surface area contributed by atoms with E-state index in [2.05, 4.69) is 11.6 Å². The largest absolute Gasteiger partial charge is 0.492 e. The maximum atomic E-state index is 12.1. The fraction of sp³-hybridized carbons (Fsp3) is 0.235. The lowest BCUT2D eigenvalue weighted by atomic mass is 10.2. The van der Waals surface area contributed by atoms with Crippen molar-refractivity contribution in [3.05, 3.63) is 59.7 Å². The standard InChI is InChI=1S/C17H20N2O4S/c1-2-13-7-9-14(10-8-13)23-11-12-24(21,22)19-16-6-4-3-5-15(16)17(18)20/h3-10,19H,2,11-12H2,1H3,(H2,18,20). The number of anilines is 1. The lowest BCUT2D eigenvalue weighted by molar-refractivity contribution is 0.100. The number of hydrogen-bond donors (Lipinski definition) is 2. The normalized spacial score (nSPS) is 11.0. The molecule has 2 aromatic carbocycles. The number of aryl methyl sites for hydroxylation is 1. The van der Waals surface area contributed by atoms with Gasteiger partial charge in [0.15, 0.2) is 0 Å². The van der Waals surface area contributed by atoms with E-state index in [1.54, 1.807) is 24.3 Å². The molecule has 0 fully saturated rings. The molecule has 0 radical (unpaired) electrons. The monoisotopic (exact) mass is 348 g/mol. The number of sulfonamides is 1. The minimum Gasteiger partial charge on any atom is -0.492 e. The highest BCUT2D eigenvalue weighted by atomic mass is 32.2. The minimum absolute atomic E-state index is 0.000453. The number of nitrogens with one attached hydrogen (secondary N) is 1. The molecule has 0 saturated carbocycles. The van der Waals surface area contributed by atoms with Crippen molar-refractivity contribution < 1.29 is 17.9 Å². The summed E-state index contributed by atoms with van der Waals surface area (Å²) in [6.45, 7) is 2.05. The number of hydrogen-bond acceptors (Lipinski definition) is 4. The third-order valence-electron chi connectivity index (χ3n) is 3.41. The number of rotatable bonds is 8. The molecule has 0 bridgehead atoms. The van der Waals surface area contributed by atoms with Gasteiger partial charge in [-0.1, -0.05) is 31.2 Å². The fourth-order valence-electron chi connectivity index (χ4n) is 2.10. The van der Waals surface area contributed by atoms with Crippen molar-refractivity contribution in [2.24, 2.45) is 5.73 Å². The molecule has 2 rings (SSSR count). The van der Waals surface area contributed by atoms with Gasteiger partial charge in [0.1, 0.15) is 18.1 Å². The molecule has 0 aliphatic heterocycles. The van der Waals surface area contributed by atoms with E-state index in [-0.39, 0.29) is 23.6 Å². The van der Waals surface area contributed by atoms with Crippen LogP contribution < -0.4 is 15.2 Å². The van der Waals surface area contributed by atoms with Crippen LogP contribution in [0.15, 0.2) is 48.5 Å². The van der Waals surface area contributed by atoms with Crippen LogP contribution in [0.1, 0.15) is 22.8 Å². The molecule has 0 heterocycles. The second-order valence-electron chi connectivity index (χ2n) is 5.18. The van der Waals surface area contributed by atoms with Gasteiger partial charge >= 0.3 is 0 Å². The molecule has 1 amide bonds. The summed E-state index contributed by atoms with van der Waals surface area (Å²) in [7, 11) is -3.66. The van der Waals surface area contributed by atoms with Crippen molar-refractivity contribution in [2.75, 3.05) is 17.1 Å². The van der Waals surface area contributed by atoms with Crippen LogP contribution in [0, 0.1) is 0 Å². The first kappa shape index (κ1) is 17.8. The molecule has 0 saturated heterocycles. The second kappa shape index (κ2) is 7.83. The van der Waals surface area contributed by atoms with Gasteiger partial charge in [-0.15, -0.1) is 0 Å². The number of nitrogens with two attached hydrogens (primary N) is 1. The van der Waals surface area contributed by atoms with Crippen LogP contribution in [0.4, 0.5) is 5.69 Å². The number of primary amides is 1. The van der Waals surface area contributed by atoms with Gasteiger partial charge in [-0.25, -0.2) is 8.42 Å². The fourth-order valence-corrected chi connectivity index (χ4v) is 3.01. The zero-order valence-corrected chi connectivity index (χ0v) is 14.2. The Morgan fingerprint density at radius 2 is 1.79 bits per heavy atom. The van der Waals surface area contributed by atoms with E-state index < -0.39 is 15.9 Å². The molecule has 0 aliphatic carbocycles. The van der Waals surface area contributed by atoms with E-state index in [1.807, 2.05) is 12.1 Å². The van der Waals surface area contributed by atoms with Gasteiger partial charge in [0, 0.05) is 0 Å². The Kier molecular flexibility index (Phi) is 5.81. The summed E-state index contributed by atoms with van der Waals surface area (Å²) in [6.07, 6.45) is 0.928. The summed E-state index contributed by atoms with van der Waals surface area (Å²) < 4.78 is 32.1. The highest BCUT2D eigenvalue weighted by Gasteiger charge is 2.15. The van der Waals surface area contributed by atoms with Gasteiger partial charge in [-0.05, 0) is 36.2 Å². The van der Waals surface area contributed by atoms with Crippen LogP contribution in [0.25, 0.3) is 0 Å². The first-order valence-corrected chi connectivity index (χ1v) is 9.17. The van der Waals surface area contributed by atoms with Gasteiger partial charge < -0.3 is 10.5 Å². The summed E-state index contributed by atoms with van der Waals surface area (Å²) in [6, 6.07) is 13.7. The van der Waals surface area contributed by atoms with Crippen LogP contribution in [0.2, 0.25) is 0 Å². The molecule has 0 atom stereocenters. The third kappa shape index (κ3) is 4.99. The second-order valence-corrected chi connectivity index (χ2v) is 7.02. The molecule has 6 nitrogen and oxygen atoms in total. The van der Waals surface area contributed by atoms with Gasteiger partial charge in [0.2, 0.25) is 10.0 Å². The lowest BCUT2D eigenvalue weighted by Crippen LogP contribution is -2.23. The van der Waals surface area contributed by atoms with E-state index in [0.29, 0.717) is 5.75 Å². The lowest BCUT2D eigenvalue weighted by Gasteiger charge is -2.11. The van der Waals surface area contributed by atoms with Crippen molar-refractivity contribution in [3.63, 3.8) is 0 Å². The maximum absolute atomic E-state index is 12.1. The Bertz CT molecular complexity index is 802. The molecular weight excluding hydrogens is 328 g/mol. The van der Waals surface area contributed by atoms with Gasteiger partial charge in [0.25, 0.3) is 5.91 Å². The van der Waals surface area contributed by atoms with Crippen molar-refractivity contribution in [1.29, 1.82) is 0 Å². The summed E-state index contributed by atoms with van der Waals surface area (Å²) in [5.74, 6) is -0.323. The molecule has 0 unspecified atom stereocenters. The number of benzene rings is 2. The third-order valence-corrected chi connectivity index (χ3v) is 4.65. The molecule has 3 N–H and O–H groups in total. The number of carbonyl (C=O) groups is 1. The molecule has 2 aromatic rings. The summed E-state index contributed by atoms with van der Waals surface area (Å²) in [5, 5.41) is 0. The van der Waals surface area contributed by atoms with Crippen molar-refractivity contribution in [2.45, 2.75) is 13.3 Å². The Labute approximate surface area is 141 Å². The van der Waals surface area contributed by atoms with Crippen molar-refractivity contribution in [3.8, 4) is 5.75 Å². The SMILES string of the molecule is CCc1ccc(OCCS(=O)(=O)Nc2ccccc2C(N)=O)cc1. The van der Waals surface area contributed by atoms with E-state index in [9.17, 15) is 13.2 Å². The van der Waals surface area contributed by atoms with Crippen molar-refractivity contribution >= 4 is 21.6 Å². The first-order valence-electron chi connectivity index (χ1n) is 7.52. The average molecular weight is 348 g/mol. The Hall–Kier alpha value is -2.54. The molecule has 128 valence electrons. The Morgan fingerprint density at radius 1 is 1.12 bits per heavy atom. The van der Waals surface area contributed by atoms with Crippen LogP contribution in [-0.2, 0) is 16.4 Å². The number of ether oxygens (including phenoxy) is 1. The van der Waals surface area contributed by atoms with E-state index >= 15 is 0 Å². The Morgan fingerprint density at radius 3 is 2.42 bits per heavy atom. The van der Waals surface area contributed by atoms with E-state index in [0.717, 1.165) is 6.42 Å². The predicted octanol–water partition coefficient (Wildman–Crippen LogP) is 2.17. The van der Waals surface area contributed by atoms with Crippen LogP contribution in [0.3, 0.4) is 0 Å². The summed E-state index contributed by atoms with van der Waals surface area (Å²) in [5.41, 5.74) is 6.70. The minimum atomic E-state index is -3.66. The van der Waals surface area contributed by atoms with Crippen molar-refractivity contribution in [1.82, 2.24) is 0 Å². The highest BCUT2D eigenvalue weighted by molar-refractivity contribution is 7.92. The van der Waals surface area contributed by atoms with Gasteiger partial charge in [-0.3, -0.25) is 9.52 Å². The molecule has 7 heteroatoms. The topological polar surface area (TPSA) is 98.5 Å². The molecule has 0 spiro atoms. The van der Waals surface area contributed by atoms with Crippen LogP contribution in [-0.4, -0.2) is 26.7 Å². The quantitative estimate of drug-likeness (QED) is 0.764. The zero-order valence-electron chi connectivity index (χ0n) is 13.4. The zero-order chi connectivity index (χ0) is 17.6. The summed E-state index contributed by atoms with van der Waals surface area (Å²) in [4.78, 5) is 11.3. The average Bonchev–Trinajstić information content (AvgIpc) is 2.55. The Balaban J connectivity index is 1.95. The molecule has 24 heavy (non-hydrogen) atoms. The number of carbonyl (C=O) groups excluding carboxylic acids is 1. The first-order chi connectivity index (χ1) is 11.4. The van der Waals surface area contributed by atoms with Crippen LogP contribution in [0.5, 0.6) is 5.75 Å². The van der Waals surface area contributed by atoms with E-state index in [4.69, 9.17) is 10.5 Å². The van der Waals surface area contributed by atoms with Gasteiger partial charge in [0.05, 0.1) is 11.3 Å². The number of para-hydroxylation sites is 1. The number of amides is 1. The predicted molar refractivity (Wildman–Crippen MR) is 93.7 cm³/mol. The van der Waals surface area contributed by atoms with Crippen LogP contribution >= 0.6 is 0 Å². The van der Waals surface area contributed by atoms with E-state index in [1.165, 1.54) is 17.7 Å². The molecule has 0 aliphatic rings. The van der Waals surface area contributed by atoms with Gasteiger partial charge in [-0.2, -0.15) is 0 Å². The maximum Gasteiger partial charge on any atom is 0.250 e. The molecular formula is C17H20N2O4S.